The molecule has 3 aromatic carbocycles. The number of carbonyl (C=O) groups excluding carboxylic acids is 1. The minimum atomic E-state index is -3.75. The van der Waals surface area contributed by atoms with E-state index in [0.29, 0.717) is 12.2 Å². The Morgan fingerprint density at radius 2 is 1.64 bits per heavy atom. The number of aryl methyl sites for hydroxylation is 1. The fourth-order valence-electron chi connectivity index (χ4n) is 4.65. The first-order valence-corrected chi connectivity index (χ1v) is 14.9. The summed E-state index contributed by atoms with van der Waals surface area (Å²) in [6, 6.07) is 22.1. The van der Waals surface area contributed by atoms with E-state index in [0.717, 1.165) is 49.7 Å². The molecule has 0 aliphatic carbocycles. The highest BCUT2D eigenvalue weighted by atomic mass is 32.2. The van der Waals surface area contributed by atoms with E-state index >= 15 is 0 Å². The molecule has 39 heavy (non-hydrogen) atoms. The lowest BCUT2D eigenvalue weighted by Gasteiger charge is -2.36. The van der Waals surface area contributed by atoms with Gasteiger partial charge in [0.25, 0.3) is 5.91 Å². The molecular weight excluding hydrogens is 510 g/mol. The van der Waals surface area contributed by atoms with Gasteiger partial charge in [-0.3, -0.25) is 9.69 Å². The summed E-state index contributed by atoms with van der Waals surface area (Å²) in [6.45, 7) is 14.0. The molecule has 1 heterocycles. The van der Waals surface area contributed by atoms with Gasteiger partial charge < -0.3 is 9.64 Å². The van der Waals surface area contributed by atoms with E-state index < -0.39 is 20.7 Å². The van der Waals surface area contributed by atoms with Crippen molar-refractivity contribution in [1.29, 1.82) is 0 Å². The normalized spacial score (nSPS) is 14.7. The predicted octanol–water partition coefficient (Wildman–Crippen LogP) is 5.24. The summed E-state index contributed by atoms with van der Waals surface area (Å²) < 4.78 is 31.4. The Bertz CT molecular complexity index is 1400. The predicted molar refractivity (Wildman–Crippen MR) is 158 cm³/mol. The van der Waals surface area contributed by atoms with Crippen molar-refractivity contribution in [2.24, 2.45) is 0 Å². The van der Waals surface area contributed by atoms with Crippen LogP contribution in [-0.4, -0.2) is 56.8 Å². The van der Waals surface area contributed by atoms with Gasteiger partial charge in [0.1, 0.15) is 5.75 Å². The first-order chi connectivity index (χ1) is 18.5. The van der Waals surface area contributed by atoms with Crippen LogP contribution in [0.4, 0.5) is 5.69 Å². The standard InChI is InChI=1S/C31H39N3O4S/c1-6-38-28-9-7-8-26(21-28)29-15-10-24(20-23(29)2)22-33-16-18-34(19-17-33)27-13-11-25(12-14-27)30(35)32-39(36,37)31(3,4)5/h7-15,20-21H,6,16-19,22H2,1-5H3,(H,32,35). The molecule has 1 saturated heterocycles. The van der Waals surface area contributed by atoms with Gasteiger partial charge in [-0.1, -0.05) is 30.3 Å². The van der Waals surface area contributed by atoms with Crippen molar-refractivity contribution in [3.05, 3.63) is 83.4 Å². The zero-order valence-corrected chi connectivity index (χ0v) is 24.3. The van der Waals surface area contributed by atoms with Crippen LogP contribution >= 0.6 is 0 Å². The SMILES string of the molecule is CCOc1cccc(-c2ccc(CN3CCN(c4ccc(C(=O)NS(=O)(=O)C(C)(C)C)cc4)CC3)cc2C)c1. The van der Waals surface area contributed by atoms with Crippen LogP contribution in [0.2, 0.25) is 0 Å². The molecule has 1 fully saturated rings. The number of hydrogen-bond donors (Lipinski definition) is 1. The smallest absolute Gasteiger partial charge is 0.264 e. The maximum atomic E-state index is 12.5. The molecule has 0 radical (unpaired) electrons. The summed E-state index contributed by atoms with van der Waals surface area (Å²) in [6.07, 6.45) is 0. The highest BCUT2D eigenvalue weighted by molar-refractivity contribution is 7.91. The van der Waals surface area contributed by atoms with Crippen molar-refractivity contribution in [3.8, 4) is 16.9 Å². The highest BCUT2D eigenvalue weighted by Gasteiger charge is 2.31. The number of amides is 1. The number of carbonyl (C=O) groups is 1. The molecule has 0 atom stereocenters. The molecule has 0 saturated carbocycles. The number of ether oxygens (including phenoxy) is 1. The summed E-state index contributed by atoms with van der Waals surface area (Å²) in [7, 11) is -3.75. The maximum Gasteiger partial charge on any atom is 0.264 e. The Balaban J connectivity index is 1.32. The van der Waals surface area contributed by atoms with Gasteiger partial charge in [-0.25, -0.2) is 13.1 Å². The average Bonchev–Trinajstić information content (AvgIpc) is 2.89. The second-order valence-electron chi connectivity index (χ2n) is 11.0. The Kier molecular flexibility index (Phi) is 8.67. The molecule has 0 bridgehead atoms. The van der Waals surface area contributed by atoms with E-state index in [4.69, 9.17) is 4.74 Å². The maximum absolute atomic E-state index is 12.5. The summed E-state index contributed by atoms with van der Waals surface area (Å²) in [5, 5.41) is 0. The Morgan fingerprint density at radius 1 is 0.949 bits per heavy atom. The lowest BCUT2D eigenvalue weighted by atomic mass is 9.98. The minimum Gasteiger partial charge on any atom is -0.494 e. The van der Waals surface area contributed by atoms with E-state index in [1.54, 1.807) is 32.9 Å². The van der Waals surface area contributed by atoms with Crippen molar-refractivity contribution < 1.29 is 17.9 Å². The van der Waals surface area contributed by atoms with Crippen LogP contribution in [0, 0.1) is 6.92 Å². The molecule has 208 valence electrons. The number of nitrogens with one attached hydrogen (secondary N) is 1. The highest BCUT2D eigenvalue weighted by Crippen LogP contribution is 2.28. The van der Waals surface area contributed by atoms with Crippen molar-refractivity contribution in [1.82, 2.24) is 9.62 Å². The van der Waals surface area contributed by atoms with E-state index in [9.17, 15) is 13.2 Å². The average molecular weight is 550 g/mol. The lowest BCUT2D eigenvalue weighted by molar-refractivity contribution is 0.0980. The van der Waals surface area contributed by atoms with Crippen molar-refractivity contribution in [2.75, 3.05) is 37.7 Å². The van der Waals surface area contributed by atoms with Gasteiger partial charge in [-0.05, 0) is 93.3 Å². The number of rotatable bonds is 8. The minimum absolute atomic E-state index is 0.327. The molecule has 7 nitrogen and oxygen atoms in total. The second-order valence-corrected chi connectivity index (χ2v) is 13.4. The number of anilines is 1. The van der Waals surface area contributed by atoms with Crippen LogP contribution in [0.15, 0.2) is 66.7 Å². The molecule has 0 spiro atoms. The van der Waals surface area contributed by atoms with E-state index in [1.807, 2.05) is 31.2 Å². The molecule has 0 unspecified atom stereocenters. The largest absolute Gasteiger partial charge is 0.494 e. The fraction of sp³-hybridized carbons (Fsp3) is 0.387. The van der Waals surface area contributed by atoms with Gasteiger partial charge in [-0.15, -0.1) is 0 Å². The Morgan fingerprint density at radius 3 is 2.26 bits per heavy atom. The monoisotopic (exact) mass is 549 g/mol. The molecule has 1 N–H and O–H groups in total. The topological polar surface area (TPSA) is 79.0 Å². The number of nitrogens with zero attached hydrogens (tertiary/aromatic N) is 2. The molecule has 1 amide bonds. The number of benzene rings is 3. The Labute approximate surface area is 232 Å². The quantitative estimate of drug-likeness (QED) is 0.414. The molecule has 1 aliphatic rings. The van der Waals surface area contributed by atoms with Gasteiger partial charge in [0.2, 0.25) is 10.0 Å². The van der Waals surface area contributed by atoms with E-state index in [1.165, 1.54) is 16.7 Å². The van der Waals surface area contributed by atoms with Crippen LogP contribution in [0.25, 0.3) is 11.1 Å². The Hall–Kier alpha value is -3.36. The molecular formula is C31H39N3O4S. The summed E-state index contributed by atoms with van der Waals surface area (Å²) in [5.41, 5.74) is 6.29. The molecule has 8 heteroatoms. The van der Waals surface area contributed by atoms with Gasteiger partial charge in [0.05, 0.1) is 11.4 Å². The zero-order valence-electron chi connectivity index (χ0n) is 23.5. The van der Waals surface area contributed by atoms with E-state index in [2.05, 4.69) is 51.8 Å². The fourth-order valence-corrected chi connectivity index (χ4v) is 5.32. The van der Waals surface area contributed by atoms with Crippen LogP contribution in [-0.2, 0) is 16.6 Å². The van der Waals surface area contributed by atoms with Gasteiger partial charge in [0.15, 0.2) is 0 Å². The number of sulfonamides is 1. The van der Waals surface area contributed by atoms with Crippen LogP contribution in [0.5, 0.6) is 5.75 Å². The van der Waals surface area contributed by atoms with Crippen molar-refractivity contribution in [3.63, 3.8) is 0 Å². The summed E-state index contributed by atoms with van der Waals surface area (Å²) in [4.78, 5) is 17.2. The first-order valence-electron chi connectivity index (χ1n) is 13.4. The molecule has 0 aromatic heterocycles. The van der Waals surface area contributed by atoms with Gasteiger partial charge >= 0.3 is 0 Å². The van der Waals surface area contributed by atoms with Crippen molar-refractivity contribution in [2.45, 2.75) is 45.9 Å². The molecule has 3 aromatic rings. The third-order valence-electron chi connectivity index (χ3n) is 7.05. The van der Waals surface area contributed by atoms with Crippen LogP contribution in [0.1, 0.15) is 49.2 Å². The number of piperazine rings is 1. The lowest BCUT2D eigenvalue weighted by Crippen LogP contribution is -2.46. The third kappa shape index (κ3) is 6.99. The molecule has 4 rings (SSSR count). The molecule has 1 aliphatic heterocycles. The first kappa shape index (κ1) is 28.6. The summed E-state index contributed by atoms with van der Waals surface area (Å²) >= 11 is 0. The zero-order chi connectivity index (χ0) is 28.2. The third-order valence-corrected chi connectivity index (χ3v) is 9.12. The van der Waals surface area contributed by atoms with Crippen molar-refractivity contribution >= 4 is 21.6 Å². The summed E-state index contributed by atoms with van der Waals surface area (Å²) in [5.74, 6) is 0.285. The second kappa shape index (κ2) is 11.8. The van der Waals surface area contributed by atoms with Gasteiger partial charge in [-0.2, -0.15) is 0 Å². The number of hydrogen-bond acceptors (Lipinski definition) is 6. The van der Waals surface area contributed by atoms with Crippen LogP contribution < -0.4 is 14.4 Å². The van der Waals surface area contributed by atoms with Crippen LogP contribution in [0.3, 0.4) is 0 Å². The van der Waals surface area contributed by atoms with Gasteiger partial charge in [0, 0.05) is 44.0 Å². The van der Waals surface area contributed by atoms with E-state index in [-0.39, 0.29) is 0 Å².